The van der Waals surface area contributed by atoms with Gasteiger partial charge in [-0.1, -0.05) is 12.1 Å². The van der Waals surface area contributed by atoms with Gasteiger partial charge in [0, 0.05) is 25.7 Å². The van der Waals surface area contributed by atoms with Crippen LogP contribution in [-0.4, -0.2) is 34.5 Å². The summed E-state index contributed by atoms with van der Waals surface area (Å²) in [6, 6.07) is 12.5. The molecule has 1 heterocycles. The Hall–Kier alpha value is -2.41. The molecule has 5 nitrogen and oxygen atoms in total. The molecule has 0 aromatic heterocycles. The fourth-order valence-corrected chi connectivity index (χ4v) is 3.31. The van der Waals surface area contributed by atoms with E-state index in [1.807, 2.05) is 31.3 Å². The molecule has 0 aliphatic carbocycles. The number of amides is 1. The molecule has 2 aromatic rings. The molecule has 0 radical (unpaired) electrons. The number of carbonyl (C=O) groups excluding carboxylic acids is 1. The molecule has 0 N–H and O–H groups in total. The fraction of sp³-hybridized carbons (Fsp3) is 0.235. The molecule has 0 saturated heterocycles. The van der Waals surface area contributed by atoms with Gasteiger partial charge in [0.2, 0.25) is 0 Å². The summed E-state index contributed by atoms with van der Waals surface area (Å²) in [7, 11) is -2.78. The van der Waals surface area contributed by atoms with Gasteiger partial charge in [-0.15, -0.1) is 3.89 Å². The second-order valence-corrected chi connectivity index (χ2v) is 7.03. The van der Waals surface area contributed by atoms with Crippen molar-refractivity contribution in [3.8, 4) is 0 Å². The van der Waals surface area contributed by atoms with E-state index in [-0.39, 0.29) is 5.91 Å². The van der Waals surface area contributed by atoms with Crippen molar-refractivity contribution >= 4 is 27.5 Å². The standard InChI is InChI=1S/C17H17FN2O3S/c1-19-11-4-12-20(16-6-3-2-5-15(16)19)17(21)13-7-9-14(10-8-13)24(18,22)23/h2-3,5-10H,4,11-12H2,1H3. The number of halogens is 1. The van der Waals surface area contributed by atoms with Gasteiger partial charge >= 0.3 is 10.2 Å². The fourth-order valence-electron chi connectivity index (χ4n) is 2.85. The molecular weight excluding hydrogens is 331 g/mol. The number of hydrogen-bond acceptors (Lipinski definition) is 4. The lowest BCUT2D eigenvalue weighted by Crippen LogP contribution is -2.31. The Balaban J connectivity index is 1.96. The normalized spacial score (nSPS) is 14.9. The summed E-state index contributed by atoms with van der Waals surface area (Å²) in [5.41, 5.74) is 2.10. The first-order chi connectivity index (χ1) is 11.4. The van der Waals surface area contributed by atoms with Crippen molar-refractivity contribution in [3.63, 3.8) is 0 Å². The van der Waals surface area contributed by atoms with Gasteiger partial charge in [0.15, 0.2) is 0 Å². The third kappa shape index (κ3) is 3.12. The maximum absolute atomic E-state index is 13.0. The maximum Gasteiger partial charge on any atom is 0.332 e. The average Bonchev–Trinajstić information content (AvgIpc) is 2.73. The number of anilines is 2. The molecule has 126 valence electrons. The van der Waals surface area contributed by atoms with E-state index < -0.39 is 15.1 Å². The van der Waals surface area contributed by atoms with E-state index in [9.17, 15) is 17.1 Å². The summed E-state index contributed by atoms with van der Waals surface area (Å²) in [5.74, 6) is -0.236. The Morgan fingerprint density at radius 3 is 2.25 bits per heavy atom. The quantitative estimate of drug-likeness (QED) is 0.783. The SMILES string of the molecule is CN1CCCN(C(=O)c2ccc(S(=O)(=O)F)cc2)c2ccccc21. The van der Waals surface area contributed by atoms with Gasteiger partial charge in [0.1, 0.15) is 0 Å². The van der Waals surface area contributed by atoms with E-state index in [2.05, 4.69) is 4.90 Å². The average molecular weight is 348 g/mol. The predicted molar refractivity (Wildman–Crippen MR) is 90.7 cm³/mol. The number of benzene rings is 2. The van der Waals surface area contributed by atoms with Crippen LogP contribution in [-0.2, 0) is 10.2 Å². The number of rotatable bonds is 2. The van der Waals surface area contributed by atoms with Gasteiger partial charge in [-0.05, 0) is 42.8 Å². The van der Waals surface area contributed by atoms with Crippen molar-refractivity contribution in [2.24, 2.45) is 0 Å². The van der Waals surface area contributed by atoms with Gasteiger partial charge in [-0.25, -0.2) is 0 Å². The topological polar surface area (TPSA) is 57.7 Å². The minimum atomic E-state index is -4.76. The van der Waals surface area contributed by atoms with E-state index in [4.69, 9.17) is 0 Å². The van der Waals surface area contributed by atoms with Crippen molar-refractivity contribution < 1.29 is 17.1 Å². The van der Waals surface area contributed by atoms with Crippen LogP contribution in [0.4, 0.5) is 15.3 Å². The molecule has 2 aromatic carbocycles. The highest BCUT2D eigenvalue weighted by atomic mass is 32.3. The van der Waals surface area contributed by atoms with Crippen LogP contribution in [0.25, 0.3) is 0 Å². The second kappa shape index (κ2) is 6.24. The van der Waals surface area contributed by atoms with Crippen LogP contribution in [0.3, 0.4) is 0 Å². The zero-order chi connectivity index (χ0) is 17.3. The van der Waals surface area contributed by atoms with Crippen molar-refractivity contribution in [2.45, 2.75) is 11.3 Å². The first kappa shape index (κ1) is 16.4. The van der Waals surface area contributed by atoms with Crippen LogP contribution >= 0.6 is 0 Å². The summed E-state index contributed by atoms with van der Waals surface area (Å²) >= 11 is 0. The van der Waals surface area contributed by atoms with Crippen LogP contribution in [0.2, 0.25) is 0 Å². The molecule has 0 fully saturated rings. The molecule has 24 heavy (non-hydrogen) atoms. The number of hydrogen-bond donors (Lipinski definition) is 0. The van der Waals surface area contributed by atoms with Crippen LogP contribution in [0.5, 0.6) is 0 Å². The van der Waals surface area contributed by atoms with E-state index in [0.29, 0.717) is 12.1 Å². The van der Waals surface area contributed by atoms with E-state index in [1.54, 1.807) is 4.90 Å². The monoisotopic (exact) mass is 348 g/mol. The Labute approximate surface area is 140 Å². The highest BCUT2D eigenvalue weighted by Gasteiger charge is 2.24. The molecule has 1 amide bonds. The van der Waals surface area contributed by atoms with Gasteiger partial charge in [-0.3, -0.25) is 4.79 Å². The van der Waals surface area contributed by atoms with Gasteiger partial charge < -0.3 is 9.80 Å². The molecule has 0 saturated carbocycles. The second-order valence-electron chi connectivity index (χ2n) is 5.68. The summed E-state index contributed by atoms with van der Waals surface area (Å²) in [6.07, 6.45) is 0.813. The Kier molecular flexibility index (Phi) is 4.28. The number of carbonyl (C=O) groups is 1. The zero-order valence-corrected chi connectivity index (χ0v) is 14.0. The lowest BCUT2D eigenvalue weighted by molar-refractivity contribution is 0.0987. The predicted octanol–water partition coefficient (Wildman–Crippen LogP) is 2.83. The third-order valence-electron chi connectivity index (χ3n) is 4.09. The number of para-hydroxylation sites is 2. The van der Waals surface area contributed by atoms with Crippen LogP contribution < -0.4 is 9.80 Å². The molecular formula is C17H17FN2O3S. The van der Waals surface area contributed by atoms with E-state index in [0.717, 1.165) is 36.5 Å². The number of nitrogens with zero attached hydrogens (tertiary/aromatic N) is 2. The lowest BCUT2D eigenvalue weighted by Gasteiger charge is -2.24. The highest BCUT2D eigenvalue weighted by molar-refractivity contribution is 7.86. The van der Waals surface area contributed by atoms with Crippen LogP contribution in [0, 0.1) is 0 Å². The Morgan fingerprint density at radius 2 is 1.62 bits per heavy atom. The first-order valence-corrected chi connectivity index (χ1v) is 8.93. The Bertz CT molecular complexity index is 866. The van der Waals surface area contributed by atoms with Crippen LogP contribution in [0.15, 0.2) is 53.4 Å². The maximum atomic E-state index is 13.0. The van der Waals surface area contributed by atoms with E-state index >= 15 is 0 Å². The summed E-state index contributed by atoms with van der Waals surface area (Å²) in [6.45, 7) is 1.39. The first-order valence-electron chi connectivity index (χ1n) is 7.55. The van der Waals surface area contributed by atoms with Crippen molar-refractivity contribution in [1.29, 1.82) is 0 Å². The molecule has 1 aliphatic rings. The number of fused-ring (bicyclic) bond motifs is 1. The minimum absolute atomic E-state index is 0.236. The molecule has 0 bridgehead atoms. The third-order valence-corrected chi connectivity index (χ3v) is 4.92. The molecule has 1 aliphatic heterocycles. The summed E-state index contributed by atoms with van der Waals surface area (Å²) < 4.78 is 34.8. The summed E-state index contributed by atoms with van der Waals surface area (Å²) in [4.78, 5) is 16.2. The van der Waals surface area contributed by atoms with Gasteiger partial charge in [-0.2, -0.15) is 8.42 Å². The molecule has 0 spiro atoms. The van der Waals surface area contributed by atoms with Gasteiger partial charge in [0.25, 0.3) is 5.91 Å². The van der Waals surface area contributed by atoms with Crippen molar-refractivity contribution in [1.82, 2.24) is 0 Å². The largest absolute Gasteiger partial charge is 0.373 e. The van der Waals surface area contributed by atoms with Crippen molar-refractivity contribution in [3.05, 3.63) is 54.1 Å². The molecule has 3 rings (SSSR count). The lowest BCUT2D eigenvalue weighted by atomic mass is 10.1. The van der Waals surface area contributed by atoms with Crippen LogP contribution in [0.1, 0.15) is 16.8 Å². The summed E-state index contributed by atoms with van der Waals surface area (Å²) in [5, 5.41) is 0. The van der Waals surface area contributed by atoms with E-state index in [1.165, 1.54) is 12.1 Å². The minimum Gasteiger partial charge on any atom is -0.373 e. The molecule has 0 atom stereocenters. The molecule has 0 unspecified atom stereocenters. The van der Waals surface area contributed by atoms with Crippen molar-refractivity contribution in [2.75, 3.05) is 29.9 Å². The molecule has 7 heteroatoms. The van der Waals surface area contributed by atoms with Gasteiger partial charge in [0.05, 0.1) is 16.3 Å². The zero-order valence-electron chi connectivity index (χ0n) is 13.1. The highest BCUT2D eigenvalue weighted by Crippen LogP contribution is 2.32. The Morgan fingerprint density at radius 1 is 1.00 bits per heavy atom. The smallest absolute Gasteiger partial charge is 0.332 e.